The number of nitrogens with zero attached hydrogens (tertiary/aromatic N) is 1. The van der Waals surface area contributed by atoms with Crippen molar-refractivity contribution < 1.29 is 14.3 Å². The van der Waals surface area contributed by atoms with E-state index in [-0.39, 0.29) is 0 Å². The minimum absolute atomic E-state index is 0.416. The maximum Gasteiger partial charge on any atom is 0.252 e. The molecule has 0 heterocycles. The summed E-state index contributed by atoms with van der Waals surface area (Å²) >= 11 is 6.82. The van der Waals surface area contributed by atoms with E-state index in [0.29, 0.717) is 12.3 Å². The van der Waals surface area contributed by atoms with E-state index < -0.39 is 17.7 Å². The molecule has 2 N–H and O–H groups in total. The van der Waals surface area contributed by atoms with Crippen molar-refractivity contribution in [2.24, 2.45) is 11.0 Å². The second-order valence-corrected chi connectivity index (χ2v) is 8.03. The summed E-state index contributed by atoms with van der Waals surface area (Å²) in [6.45, 7) is 4.30. The highest BCUT2D eigenvalue weighted by Crippen LogP contribution is 2.25. The number of hydrogen-bond donors (Lipinski definition) is 2. The molecule has 29 heavy (non-hydrogen) atoms. The number of carbonyl (C=O) groups excluding carboxylic acids is 2. The van der Waals surface area contributed by atoms with Gasteiger partial charge >= 0.3 is 0 Å². The molecule has 2 aromatic rings. The van der Waals surface area contributed by atoms with Gasteiger partial charge in [-0.2, -0.15) is 5.10 Å². The van der Waals surface area contributed by atoms with E-state index in [2.05, 4.69) is 54.6 Å². The molecule has 1 atom stereocenters. The normalized spacial score (nSPS) is 11.9. The SMILES string of the molecule is CCCCOc1ccc(C=NNC(=O)C(C)C(=O)Nc2ccccc2Br)cc1Br. The number of ether oxygens (including phenoxy) is 1. The van der Waals surface area contributed by atoms with Crippen molar-refractivity contribution in [3.8, 4) is 5.75 Å². The fourth-order valence-electron chi connectivity index (χ4n) is 2.23. The fourth-order valence-corrected chi connectivity index (χ4v) is 3.13. The van der Waals surface area contributed by atoms with Crippen molar-refractivity contribution in [1.29, 1.82) is 0 Å². The van der Waals surface area contributed by atoms with Gasteiger partial charge in [0.1, 0.15) is 11.7 Å². The third-order valence-corrected chi connectivity index (χ3v) is 5.33. The molecule has 0 aliphatic carbocycles. The van der Waals surface area contributed by atoms with Gasteiger partial charge in [0.25, 0.3) is 5.91 Å². The zero-order valence-corrected chi connectivity index (χ0v) is 19.4. The Morgan fingerprint density at radius 1 is 1.14 bits per heavy atom. The molecule has 154 valence electrons. The molecule has 8 heteroatoms. The lowest BCUT2D eigenvalue weighted by Crippen LogP contribution is -2.34. The zero-order valence-electron chi connectivity index (χ0n) is 16.2. The molecule has 0 spiro atoms. The minimum atomic E-state index is -0.902. The van der Waals surface area contributed by atoms with Crippen molar-refractivity contribution >= 4 is 55.6 Å². The Kier molecular flexibility index (Phi) is 9.34. The van der Waals surface area contributed by atoms with Crippen LogP contribution in [0.15, 0.2) is 56.5 Å². The molecule has 0 aliphatic heterocycles. The number of halogens is 2. The van der Waals surface area contributed by atoms with Crippen LogP contribution in [-0.4, -0.2) is 24.6 Å². The van der Waals surface area contributed by atoms with Gasteiger partial charge in [-0.15, -0.1) is 0 Å². The third-order valence-electron chi connectivity index (χ3n) is 4.02. The molecule has 0 saturated heterocycles. The largest absolute Gasteiger partial charge is 0.492 e. The molecule has 2 amide bonds. The van der Waals surface area contributed by atoms with E-state index in [1.54, 1.807) is 12.1 Å². The summed E-state index contributed by atoms with van der Waals surface area (Å²) in [6.07, 6.45) is 3.58. The molecular formula is C21H23Br2N3O3. The van der Waals surface area contributed by atoms with Gasteiger partial charge in [-0.3, -0.25) is 9.59 Å². The minimum Gasteiger partial charge on any atom is -0.492 e. The summed E-state index contributed by atoms with van der Waals surface area (Å²) in [5, 5.41) is 6.66. The zero-order chi connectivity index (χ0) is 21.2. The molecule has 6 nitrogen and oxygen atoms in total. The number of nitrogens with one attached hydrogen (secondary N) is 2. The molecule has 0 radical (unpaired) electrons. The highest BCUT2D eigenvalue weighted by Gasteiger charge is 2.21. The number of rotatable bonds is 9. The van der Waals surface area contributed by atoms with Gasteiger partial charge in [-0.05, 0) is 81.1 Å². The van der Waals surface area contributed by atoms with Gasteiger partial charge in [-0.1, -0.05) is 25.5 Å². The fraction of sp³-hybridized carbons (Fsp3) is 0.286. The van der Waals surface area contributed by atoms with E-state index in [4.69, 9.17) is 4.74 Å². The van der Waals surface area contributed by atoms with Crippen LogP contribution in [-0.2, 0) is 9.59 Å². The lowest BCUT2D eigenvalue weighted by atomic mass is 10.1. The van der Waals surface area contributed by atoms with Crippen LogP contribution < -0.4 is 15.5 Å². The maximum absolute atomic E-state index is 12.3. The molecule has 0 aliphatic rings. The Hall–Kier alpha value is -2.19. The summed E-state index contributed by atoms with van der Waals surface area (Å²) in [6, 6.07) is 12.7. The predicted octanol–water partition coefficient (Wildman–Crippen LogP) is 5.12. The number of para-hydroxylation sites is 1. The van der Waals surface area contributed by atoms with Crippen LogP contribution in [0.1, 0.15) is 32.3 Å². The van der Waals surface area contributed by atoms with Crippen LogP contribution >= 0.6 is 31.9 Å². The lowest BCUT2D eigenvalue weighted by Gasteiger charge is -2.11. The Labute approximate surface area is 187 Å². The molecule has 2 rings (SSSR count). The average molecular weight is 525 g/mol. The number of anilines is 1. The first kappa shape index (κ1) is 23.1. The van der Waals surface area contributed by atoms with Crippen molar-refractivity contribution in [1.82, 2.24) is 5.43 Å². The van der Waals surface area contributed by atoms with Gasteiger partial charge < -0.3 is 10.1 Å². The van der Waals surface area contributed by atoms with Gasteiger partial charge in [0.15, 0.2) is 0 Å². The predicted molar refractivity (Wildman–Crippen MR) is 122 cm³/mol. The van der Waals surface area contributed by atoms with Crippen molar-refractivity contribution in [2.75, 3.05) is 11.9 Å². The molecule has 0 bridgehead atoms. The first-order valence-electron chi connectivity index (χ1n) is 9.23. The van der Waals surface area contributed by atoms with Crippen molar-refractivity contribution in [2.45, 2.75) is 26.7 Å². The summed E-state index contributed by atoms with van der Waals surface area (Å²) in [5.74, 6) is -1.05. The van der Waals surface area contributed by atoms with E-state index in [0.717, 1.165) is 33.1 Å². The summed E-state index contributed by atoms with van der Waals surface area (Å²) in [4.78, 5) is 24.5. The number of unbranched alkanes of at least 4 members (excludes halogenated alkanes) is 1. The Morgan fingerprint density at radius 3 is 2.59 bits per heavy atom. The molecule has 2 aromatic carbocycles. The second kappa shape index (κ2) is 11.7. The van der Waals surface area contributed by atoms with E-state index in [1.165, 1.54) is 13.1 Å². The standard InChI is InChI=1S/C21H23Br2N3O3/c1-3-4-11-29-19-10-9-15(12-17(19)23)13-24-26-21(28)14(2)20(27)25-18-8-6-5-7-16(18)22/h5-10,12-14H,3-4,11H2,1-2H3,(H,25,27)(H,26,28). The lowest BCUT2D eigenvalue weighted by molar-refractivity contribution is -0.131. The quantitative estimate of drug-likeness (QED) is 0.207. The van der Waals surface area contributed by atoms with Crippen molar-refractivity contribution in [3.05, 3.63) is 57.0 Å². The van der Waals surface area contributed by atoms with E-state index in [9.17, 15) is 9.59 Å². The third kappa shape index (κ3) is 7.29. The van der Waals surface area contributed by atoms with Crippen LogP contribution in [0.4, 0.5) is 5.69 Å². The molecule has 0 saturated carbocycles. The Bertz CT molecular complexity index is 887. The monoisotopic (exact) mass is 523 g/mol. The number of hydrazone groups is 1. The van der Waals surface area contributed by atoms with Crippen molar-refractivity contribution in [3.63, 3.8) is 0 Å². The van der Waals surface area contributed by atoms with Crippen LogP contribution in [0.3, 0.4) is 0 Å². The van der Waals surface area contributed by atoms with Crippen LogP contribution in [0.2, 0.25) is 0 Å². The molecule has 0 fully saturated rings. The molecule has 0 aromatic heterocycles. The number of benzene rings is 2. The Balaban J connectivity index is 1.88. The summed E-state index contributed by atoms with van der Waals surface area (Å²) < 4.78 is 7.23. The van der Waals surface area contributed by atoms with Gasteiger partial charge in [0.05, 0.1) is 23.0 Å². The van der Waals surface area contributed by atoms with Crippen LogP contribution in [0, 0.1) is 5.92 Å². The summed E-state index contributed by atoms with van der Waals surface area (Å²) in [7, 11) is 0. The highest BCUT2D eigenvalue weighted by atomic mass is 79.9. The topological polar surface area (TPSA) is 79.8 Å². The van der Waals surface area contributed by atoms with Crippen LogP contribution in [0.25, 0.3) is 0 Å². The number of carbonyl (C=O) groups is 2. The van der Waals surface area contributed by atoms with Gasteiger partial charge in [-0.25, -0.2) is 5.43 Å². The molecule has 1 unspecified atom stereocenters. The van der Waals surface area contributed by atoms with E-state index in [1.807, 2.05) is 30.3 Å². The second-order valence-electron chi connectivity index (χ2n) is 6.32. The van der Waals surface area contributed by atoms with E-state index >= 15 is 0 Å². The summed E-state index contributed by atoms with van der Waals surface area (Å²) in [5.41, 5.74) is 3.79. The Morgan fingerprint density at radius 2 is 1.90 bits per heavy atom. The first-order valence-corrected chi connectivity index (χ1v) is 10.8. The number of amides is 2. The van der Waals surface area contributed by atoms with Crippen LogP contribution in [0.5, 0.6) is 5.75 Å². The first-order chi connectivity index (χ1) is 13.9. The average Bonchev–Trinajstić information content (AvgIpc) is 2.70. The number of hydrogen-bond acceptors (Lipinski definition) is 4. The smallest absolute Gasteiger partial charge is 0.252 e. The van der Waals surface area contributed by atoms with Gasteiger partial charge in [0.2, 0.25) is 5.91 Å². The maximum atomic E-state index is 12.3. The molecular weight excluding hydrogens is 502 g/mol. The van der Waals surface area contributed by atoms with Gasteiger partial charge in [0, 0.05) is 4.47 Å². The highest BCUT2D eigenvalue weighted by molar-refractivity contribution is 9.11.